The molecule has 0 bridgehead atoms. The van der Waals surface area contributed by atoms with Crippen LogP contribution in [0.3, 0.4) is 0 Å². The van der Waals surface area contributed by atoms with Crippen LogP contribution in [-0.2, 0) is 0 Å². The number of aliphatic hydroxyl groups is 1. The number of carbonyl (C=O) groups is 1. The minimum absolute atomic E-state index is 0.483. The van der Waals surface area contributed by atoms with Gasteiger partial charge in [0.15, 0.2) is 5.78 Å². The van der Waals surface area contributed by atoms with E-state index in [4.69, 9.17) is 6.85 Å². The van der Waals surface area contributed by atoms with Crippen molar-refractivity contribution in [2.75, 3.05) is 0 Å². The van der Waals surface area contributed by atoms with E-state index in [1.807, 2.05) is 0 Å². The Labute approximate surface area is 78.9 Å². The Morgan fingerprint density at radius 1 is 1.42 bits per heavy atom. The Hall–Kier alpha value is -1.15. The van der Waals surface area contributed by atoms with Crippen LogP contribution < -0.4 is 0 Å². The van der Waals surface area contributed by atoms with Crippen LogP contribution in [0.5, 0.6) is 0 Å². The van der Waals surface area contributed by atoms with Gasteiger partial charge in [-0.3, -0.25) is 4.79 Å². The Bertz CT molecular complexity index is 461. The third-order valence-electron chi connectivity index (χ3n) is 1.28. The van der Waals surface area contributed by atoms with E-state index in [2.05, 4.69) is 0 Å². The molecule has 0 amide bonds. The molecule has 12 heavy (non-hydrogen) atoms. The van der Waals surface area contributed by atoms with Gasteiger partial charge in [0.2, 0.25) is 0 Å². The first-order valence-electron chi connectivity index (χ1n) is 5.93. The molecule has 0 unspecified atom stereocenters. The van der Waals surface area contributed by atoms with Crippen molar-refractivity contribution in [1.29, 1.82) is 0 Å². The number of ketones is 1. The van der Waals surface area contributed by atoms with Gasteiger partial charge in [0.1, 0.15) is 5.60 Å². The number of rotatable bonds is 2. The van der Waals surface area contributed by atoms with Crippen molar-refractivity contribution >= 4 is 5.78 Å². The van der Waals surface area contributed by atoms with Crippen LogP contribution in [0.2, 0.25) is 0 Å². The van der Waals surface area contributed by atoms with Crippen molar-refractivity contribution < 1.29 is 16.8 Å². The van der Waals surface area contributed by atoms with Crippen molar-refractivity contribution in [3.05, 3.63) is 35.8 Å². The maximum absolute atomic E-state index is 11.8. The van der Waals surface area contributed by atoms with Crippen LogP contribution in [0, 0.1) is 0 Å². The Morgan fingerprint density at radius 3 is 2.33 bits per heavy atom. The second-order valence-electron chi connectivity index (χ2n) is 2.89. The topological polar surface area (TPSA) is 37.3 Å². The summed E-state index contributed by atoms with van der Waals surface area (Å²) in [6, 6.07) is -2.92. The summed E-state index contributed by atoms with van der Waals surface area (Å²) in [6.45, 7) is 2.41. The first kappa shape index (κ1) is 4.19. The SMILES string of the molecule is [2H]c1c([2H])c([2H])c(C(=O)C(C)(C)O)c([2H])c1[2H]. The second-order valence-corrected chi connectivity index (χ2v) is 2.89. The van der Waals surface area contributed by atoms with Crippen LogP contribution in [0.1, 0.15) is 31.1 Å². The maximum atomic E-state index is 11.8. The predicted octanol–water partition coefficient (Wildman–Crippen LogP) is 1.64. The normalized spacial score (nSPS) is 17.1. The van der Waals surface area contributed by atoms with Gasteiger partial charge in [-0.2, -0.15) is 0 Å². The fourth-order valence-corrected chi connectivity index (χ4v) is 0.669. The number of hydrogen-bond donors (Lipinski definition) is 1. The highest BCUT2D eigenvalue weighted by Gasteiger charge is 2.24. The highest BCUT2D eigenvalue weighted by atomic mass is 16.3. The zero-order valence-electron chi connectivity index (χ0n) is 11.9. The molecule has 0 spiro atoms. The summed E-state index contributed by atoms with van der Waals surface area (Å²) >= 11 is 0. The monoisotopic (exact) mass is 169 g/mol. The lowest BCUT2D eigenvalue weighted by Gasteiger charge is -2.14. The van der Waals surface area contributed by atoms with Crippen molar-refractivity contribution in [2.45, 2.75) is 19.4 Å². The minimum atomic E-state index is -1.78. The van der Waals surface area contributed by atoms with Gasteiger partial charge in [0.05, 0.1) is 6.85 Å². The van der Waals surface area contributed by atoms with Gasteiger partial charge in [0, 0.05) is 5.56 Å². The van der Waals surface area contributed by atoms with Gasteiger partial charge in [-0.05, 0) is 13.8 Å². The van der Waals surface area contributed by atoms with E-state index >= 15 is 0 Å². The zero-order chi connectivity index (χ0) is 13.5. The first-order chi connectivity index (χ1) is 7.59. The molecule has 0 saturated heterocycles. The first-order valence-corrected chi connectivity index (χ1v) is 3.43. The number of Topliss-reactive ketones (excluding diaryl/α,β-unsaturated/α-hetero) is 1. The molecular weight excluding hydrogens is 152 g/mol. The standard InChI is InChI=1S/C10H12O2/c1-10(2,12)9(11)8-6-4-3-5-7-8/h3-7,12H,1-2H3/i3D,4D,5D,6D,7D. The maximum Gasteiger partial charge on any atom is 0.193 e. The number of hydrogen-bond acceptors (Lipinski definition) is 2. The van der Waals surface area contributed by atoms with E-state index in [0.29, 0.717) is 0 Å². The molecule has 64 valence electrons. The van der Waals surface area contributed by atoms with Crippen LogP contribution in [0.25, 0.3) is 0 Å². The van der Waals surface area contributed by atoms with Crippen molar-refractivity contribution in [3.63, 3.8) is 0 Å². The highest BCUT2D eigenvalue weighted by molar-refractivity contribution is 6.01. The molecule has 1 aromatic carbocycles. The van der Waals surface area contributed by atoms with Gasteiger partial charge in [-0.15, -0.1) is 0 Å². The molecule has 0 radical (unpaired) electrons. The Balaban J connectivity index is 3.62. The van der Waals surface area contributed by atoms with Crippen LogP contribution in [0.4, 0.5) is 0 Å². The van der Waals surface area contributed by atoms with Crippen molar-refractivity contribution in [3.8, 4) is 0 Å². The molecule has 2 heteroatoms. The van der Waals surface area contributed by atoms with Gasteiger partial charge >= 0.3 is 0 Å². The lowest BCUT2D eigenvalue weighted by Crippen LogP contribution is -2.30. The molecule has 0 atom stereocenters. The molecule has 0 heterocycles. The number of carbonyl (C=O) groups excluding carboxylic acids is 1. The van der Waals surface area contributed by atoms with Crippen LogP contribution >= 0.6 is 0 Å². The van der Waals surface area contributed by atoms with Gasteiger partial charge in [0.25, 0.3) is 0 Å². The minimum Gasteiger partial charge on any atom is -0.382 e. The smallest absolute Gasteiger partial charge is 0.193 e. The summed E-state index contributed by atoms with van der Waals surface area (Å²) < 4.78 is 37.2. The fourth-order valence-electron chi connectivity index (χ4n) is 0.669. The third-order valence-corrected chi connectivity index (χ3v) is 1.28. The van der Waals surface area contributed by atoms with Gasteiger partial charge < -0.3 is 5.11 Å². The van der Waals surface area contributed by atoms with Crippen molar-refractivity contribution in [2.24, 2.45) is 0 Å². The van der Waals surface area contributed by atoms with Crippen LogP contribution in [-0.4, -0.2) is 16.5 Å². The van der Waals surface area contributed by atoms with Gasteiger partial charge in [-0.25, -0.2) is 0 Å². The summed E-state index contributed by atoms with van der Waals surface area (Å²) in [5.41, 5.74) is -2.27. The van der Waals surface area contributed by atoms with E-state index in [0.717, 1.165) is 0 Å². The third kappa shape index (κ3) is 1.92. The molecule has 0 aliphatic rings. The van der Waals surface area contributed by atoms with E-state index in [1.165, 1.54) is 13.8 Å². The Morgan fingerprint density at radius 2 is 1.92 bits per heavy atom. The summed E-state index contributed by atoms with van der Waals surface area (Å²) in [5.74, 6) is -0.894. The van der Waals surface area contributed by atoms with E-state index in [-0.39, 0.29) is 0 Å². The molecule has 0 fully saturated rings. The quantitative estimate of drug-likeness (QED) is 0.683. The van der Waals surface area contributed by atoms with E-state index < -0.39 is 47.2 Å². The van der Waals surface area contributed by atoms with E-state index in [9.17, 15) is 9.90 Å². The summed E-state index contributed by atoms with van der Waals surface area (Å²) in [5, 5.41) is 9.55. The molecule has 0 aliphatic carbocycles. The van der Waals surface area contributed by atoms with Crippen molar-refractivity contribution in [1.82, 2.24) is 0 Å². The highest BCUT2D eigenvalue weighted by Crippen LogP contribution is 2.11. The molecular formula is C10H12O2. The molecule has 0 saturated carbocycles. The molecule has 1 aromatic rings. The average molecular weight is 169 g/mol. The Kier molecular flexibility index (Phi) is 1.07. The zero-order valence-corrected chi connectivity index (χ0v) is 6.86. The molecule has 0 aromatic heterocycles. The summed E-state index contributed by atoms with van der Waals surface area (Å²) in [4.78, 5) is 11.8. The van der Waals surface area contributed by atoms with Crippen LogP contribution in [0.15, 0.2) is 30.2 Å². The van der Waals surface area contributed by atoms with Gasteiger partial charge in [-0.1, -0.05) is 30.2 Å². The summed E-state index contributed by atoms with van der Waals surface area (Å²) in [7, 11) is 0. The molecule has 0 aliphatic heterocycles. The fraction of sp³-hybridized carbons (Fsp3) is 0.300. The molecule has 1 N–H and O–H groups in total. The predicted molar refractivity (Wildman–Crippen MR) is 47.1 cm³/mol. The van der Waals surface area contributed by atoms with E-state index in [1.54, 1.807) is 0 Å². The average Bonchev–Trinajstić information content (AvgIpc) is 2.22. The molecule has 2 nitrogen and oxygen atoms in total. The summed E-state index contributed by atoms with van der Waals surface area (Å²) in [6.07, 6.45) is 0. The lowest BCUT2D eigenvalue weighted by atomic mass is 9.97. The largest absolute Gasteiger partial charge is 0.382 e. The second kappa shape index (κ2) is 3.07. The number of benzene rings is 1. The lowest BCUT2D eigenvalue weighted by molar-refractivity contribution is 0.0488. The molecule has 1 rings (SSSR count).